The van der Waals surface area contributed by atoms with Gasteiger partial charge >= 0.3 is 12.2 Å². The Morgan fingerprint density at radius 3 is 2.20 bits per heavy atom. The number of nitrogens with zero attached hydrogens (tertiary/aromatic N) is 4. The Bertz CT molecular complexity index is 4410. The van der Waals surface area contributed by atoms with Crippen LogP contribution in [0, 0.1) is 48.3 Å². The zero-order valence-electron chi connectivity index (χ0n) is 63.5. The smallest absolute Gasteiger partial charge is 0.505 e. The van der Waals surface area contributed by atoms with Gasteiger partial charge in [-0.1, -0.05) is 104 Å². The normalized spacial score (nSPS) is 24.1. The van der Waals surface area contributed by atoms with Crippen LogP contribution in [0.15, 0.2) is 89.3 Å². The molecule has 0 unspecified atom stereocenters. The number of benzene rings is 4. The van der Waals surface area contributed by atoms with Crippen LogP contribution in [0.25, 0.3) is 31.2 Å². The first-order valence-corrected chi connectivity index (χ1v) is 37.9. The number of unbranched alkanes of at least 4 members (excludes halogenated alkanes) is 2. The molecule has 1 aromatic heterocycles. The SMILES string of the molecule is CO[C@H]1/C=C/C[C@@]2(C)Oc3c(C)c(=O)c4c(O)c(c5sc6cc(N7CCN(CC(C)C)CC7)cc(OCc7ccc(NC(=O)[C@H](CCCNC(N)=O)CC(=O)[C@@H](NC(=O)CCCCCN8C(=O)C=CC8=O)C(C)C)cc7)c6nc5c4c3C2=O)NC(=O)/C(C)=C\C=C\[C@H](C)[C@H](O)[C@@H](C)[C@@H](O)[C@@H](C)[C@H](OC(=O)O)[C@@H]1C. The number of allylic oxidation sites excluding steroid dienone is 2. The van der Waals surface area contributed by atoms with Crippen LogP contribution in [0.4, 0.5) is 26.7 Å². The lowest BCUT2D eigenvalue weighted by Crippen LogP contribution is -2.47. The molecule has 0 aliphatic carbocycles. The fourth-order valence-electron chi connectivity index (χ4n) is 14.7. The van der Waals surface area contributed by atoms with E-state index in [1.54, 1.807) is 104 Å². The van der Waals surface area contributed by atoms with Gasteiger partial charge in [-0.05, 0) is 82.1 Å². The highest BCUT2D eigenvalue weighted by Crippen LogP contribution is 2.51. The summed E-state index contributed by atoms with van der Waals surface area (Å²) in [6.45, 7) is 23.3. The van der Waals surface area contributed by atoms with Crippen LogP contribution in [0.5, 0.6) is 17.2 Å². The van der Waals surface area contributed by atoms with Crippen molar-refractivity contribution in [3.63, 3.8) is 0 Å². The van der Waals surface area contributed by atoms with Crippen molar-refractivity contribution in [2.24, 2.45) is 47.2 Å². The van der Waals surface area contributed by atoms with Gasteiger partial charge in [0.2, 0.25) is 17.6 Å². The van der Waals surface area contributed by atoms with Gasteiger partial charge in [-0.2, -0.15) is 0 Å². The predicted molar refractivity (Wildman–Crippen MR) is 412 cm³/mol. The third-order valence-corrected chi connectivity index (χ3v) is 22.2. The molecular formula is C80H103N9O18S. The third-order valence-electron chi connectivity index (χ3n) is 21.0. The summed E-state index contributed by atoms with van der Waals surface area (Å²) in [4.78, 5) is 146. The quantitative estimate of drug-likeness (QED) is 0.00499. The first-order chi connectivity index (χ1) is 51.2. The third kappa shape index (κ3) is 19.3. The number of piperazine rings is 1. The van der Waals surface area contributed by atoms with Gasteiger partial charge in [-0.3, -0.25) is 48.2 Å². The minimum absolute atomic E-state index is 0.000593. The molecule has 4 aliphatic rings. The van der Waals surface area contributed by atoms with Crippen molar-refractivity contribution in [1.82, 2.24) is 25.4 Å². The number of phenolic OH excluding ortho intramolecular Hbond substituents is 1. The van der Waals surface area contributed by atoms with E-state index in [1.165, 1.54) is 32.3 Å². The van der Waals surface area contributed by atoms with E-state index in [4.69, 9.17) is 29.7 Å². The topological polar surface area (TPSA) is 385 Å². The lowest BCUT2D eigenvalue weighted by atomic mass is 9.78. The Morgan fingerprint density at radius 2 is 1.56 bits per heavy atom. The molecule has 10 N–H and O–H groups in total. The number of Topliss-reactive ketones (excluding diaryl/α,β-unsaturated/α-hetero) is 2. The van der Waals surface area contributed by atoms with Crippen molar-refractivity contribution in [1.29, 1.82) is 0 Å². The molecule has 0 saturated carbocycles. The van der Waals surface area contributed by atoms with Gasteiger partial charge in [0.05, 0.1) is 50.2 Å². The number of methoxy groups -OCH3 is 1. The van der Waals surface area contributed by atoms with Crippen LogP contribution < -0.4 is 46.8 Å². The number of primary amides is 1. The average molecular weight is 1510 g/mol. The number of ether oxygens (including phenoxy) is 4. The standard InChI is InChI=1S/C80H103N9O18S/c1-42(2)40-87-33-35-88(36-34-87)53-38-56(105-41-50-24-26-52(27-25-50)83-77(100)51(21-18-31-82-78(81)101)37-54(90)64(43(3)4)84-58(91)23-14-13-15-32-89-59(92)28-29-60(89)93)65-57(39-53)108-74-66(85-65)61-62-70(96)49(10)73-63(61)75(98)80(11,107-73)30-17-22-55(104-12)46(7)72(106-79(102)103)48(9)69(95)47(8)68(94)44(5)19-16-20-45(6)76(99)86-67(74)71(62)97/h16-17,19-20,22,24-29,38-39,42-44,46-48,51,55,64,68-69,72,94-95,97H,13-15,18,21,23,30-37,40-41H2,1-12H3,(H,83,100)(H,84,91)(H,86,99)(H,102,103)(H3,81,82,101)/b19-16+,22-17+,45-20-/t44-,46+,47+,48+,51+,55-,64-,68-,69+,72+,80+/m0/s1. The Kier molecular flexibility index (Phi) is 27.5. The molecule has 5 aromatic rings. The summed E-state index contributed by atoms with van der Waals surface area (Å²) in [7, 11) is 1.43. The van der Waals surface area contributed by atoms with E-state index >= 15 is 9.59 Å². The number of aromatic hydroxyl groups is 1. The number of aliphatic hydroxyl groups is 2. The van der Waals surface area contributed by atoms with Crippen LogP contribution >= 0.6 is 11.3 Å². The van der Waals surface area contributed by atoms with E-state index < -0.39 is 107 Å². The number of amides is 7. The number of aliphatic hydroxyl groups excluding tert-OH is 2. The maximum Gasteiger partial charge on any atom is 0.506 e. The molecule has 5 heterocycles. The number of urea groups is 1. The number of aromatic nitrogens is 1. The predicted octanol–water partition coefficient (Wildman–Crippen LogP) is 10.0. The maximum atomic E-state index is 15.5. The molecule has 582 valence electrons. The Labute approximate surface area is 632 Å². The second-order valence-corrected chi connectivity index (χ2v) is 31.0. The van der Waals surface area contributed by atoms with Gasteiger partial charge in [0.1, 0.15) is 35.4 Å². The molecular weight excluding hydrogens is 1410 g/mol. The fourth-order valence-corrected chi connectivity index (χ4v) is 15.8. The number of phenols is 1. The summed E-state index contributed by atoms with van der Waals surface area (Å²) < 4.78 is 25.6. The van der Waals surface area contributed by atoms with E-state index in [2.05, 4.69) is 44.9 Å². The zero-order valence-corrected chi connectivity index (χ0v) is 64.3. The van der Waals surface area contributed by atoms with Gasteiger partial charge in [0.25, 0.3) is 17.7 Å². The van der Waals surface area contributed by atoms with Gasteiger partial charge < -0.3 is 71.3 Å². The number of hydrogen-bond acceptors (Lipinski definition) is 21. The number of anilines is 3. The summed E-state index contributed by atoms with van der Waals surface area (Å²) in [6.07, 6.45) is 6.19. The molecule has 1 fully saturated rings. The number of nitrogens with two attached hydrogens (primary N) is 1. The summed E-state index contributed by atoms with van der Waals surface area (Å²) in [5.41, 5.74) is 5.10. The first kappa shape index (κ1) is 82.4. The van der Waals surface area contributed by atoms with Gasteiger partial charge in [-0.25, -0.2) is 14.6 Å². The first-order valence-electron chi connectivity index (χ1n) is 37.1. The van der Waals surface area contributed by atoms with Crippen LogP contribution in [0.3, 0.4) is 0 Å². The highest BCUT2D eigenvalue weighted by atomic mass is 32.1. The molecule has 108 heavy (non-hydrogen) atoms. The number of hydrogen-bond donors (Lipinski definition) is 9. The molecule has 0 spiro atoms. The summed E-state index contributed by atoms with van der Waals surface area (Å²) in [5.74, 6) is -7.34. The Hall–Kier alpha value is -9.61. The molecule has 4 aliphatic heterocycles. The number of carbonyl (C=O) groups is 9. The van der Waals surface area contributed by atoms with Crippen molar-refractivity contribution in [2.75, 3.05) is 68.5 Å². The number of nitrogens with one attached hydrogen (secondary N) is 4. The van der Waals surface area contributed by atoms with E-state index in [-0.39, 0.29) is 124 Å². The van der Waals surface area contributed by atoms with Gasteiger partial charge in [-0.15, -0.1) is 11.3 Å². The Balaban J connectivity index is 1.07. The van der Waals surface area contributed by atoms with E-state index in [1.807, 2.05) is 12.1 Å². The minimum atomic E-state index is -1.69. The monoisotopic (exact) mass is 1510 g/mol. The van der Waals surface area contributed by atoms with Gasteiger partial charge in [0, 0.05) is 148 Å². The van der Waals surface area contributed by atoms with E-state index in [0.717, 1.165) is 41.6 Å². The van der Waals surface area contributed by atoms with Crippen LogP contribution in [0.2, 0.25) is 0 Å². The second-order valence-electron chi connectivity index (χ2n) is 30.0. The van der Waals surface area contributed by atoms with Crippen LogP contribution in [-0.4, -0.2) is 177 Å². The fraction of sp³-hybridized carbons (Fsp3) is 0.512. The number of rotatable bonds is 25. The van der Waals surface area contributed by atoms with Crippen LogP contribution in [-0.2, 0) is 44.8 Å². The molecule has 27 nitrogen and oxygen atoms in total. The lowest BCUT2D eigenvalue weighted by molar-refractivity contribution is -0.137. The lowest BCUT2D eigenvalue weighted by Gasteiger charge is -2.37. The van der Waals surface area contributed by atoms with Crippen molar-refractivity contribution in [3.05, 3.63) is 111 Å². The Morgan fingerprint density at radius 1 is 0.861 bits per heavy atom. The molecule has 11 atom stereocenters. The average Bonchev–Trinajstić information content (AvgIpc) is 1.23. The highest BCUT2D eigenvalue weighted by molar-refractivity contribution is 7.25. The summed E-state index contributed by atoms with van der Waals surface area (Å²) >= 11 is 1.15. The van der Waals surface area contributed by atoms with Crippen molar-refractivity contribution in [2.45, 2.75) is 170 Å². The number of imide groups is 1. The summed E-state index contributed by atoms with van der Waals surface area (Å²) in [5, 5.41) is 57.1. The maximum absolute atomic E-state index is 15.5. The van der Waals surface area contributed by atoms with E-state index in [9.17, 15) is 58.8 Å². The van der Waals surface area contributed by atoms with Crippen molar-refractivity contribution >= 4 is 113 Å². The minimum Gasteiger partial charge on any atom is -0.505 e. The largest absolute Gasteiger partial charge is 0.506 e. The molecule has 1 saturated heterocycles. The van der Waals surface area contributed by atoms with Crippen molar-refractivity contribution < 1.29 is 82.5 Å². The molecule has 28 heteroatoms. The molecule has 7 amide bonds. The van der Waals surface area contributed by atoms with Crippen molar-refractivity contribution in [3.8, 4) is 17.2 Å². The summed E-state index contributed by atoms with van der Waals surface area (Å²) in [6, 6.07) is 9.07. The number of carboxylic acid groups (broad SMARTS) is 1. The number of fused-ring (bicyclic) bond motifs is 2. The number of carbonyl (C=O) groups excluding carboxylic acids is 8. The number of ketones is 2. The highest BCUT2D eigenvalue weighted by Gasteiger charge is 2.48. The zero-order chi connectivity index (χ0) is 78.7. The van der Waals surface area contributed by atoms with Gasteiger partial charge in [0.15, 0.2) is 22.6 Å². The second kappa shape index (κ2) is 36.1. The van der Waals surface area contributed by atoms with Crippen LogP contribution in [0.1, 0.15) is 142 Å². The molecule has 4 bridgehead atoms. The molecule has 9 rings (SSSR count). The molecule has 0 radical (unpaired) electrons. The molecule has 4 aromatic carbocycles. The van der Waals surface area contributed by atoms with E-state index in [0.29, 0.717) is 71.9 Å².